The summed E-state index contributed by atoms with van der Waals surface area (Å²) in [5.74, 6) is -0.489. The highest BCUT2D eigenvalue weighted by Gasteiger charge is 2.41. The first-order valence-electron chi connectivity index (χ1n) is 6.11. The van der Waals surface area contributed by atoms with Crippen molar-refractivity contribution in [1.29, 1.82) is 0 Å². The fourth-order valence-corrected chi connectivity index (χ4v) is 2.62. The fourth-order valence-electron chi connectivity index (χ4n) is 2.62. The van der Waals surface area contributed by atoms with Gasteiger partial charge in [-0.05, 0) is 17.9 Å². The first-order valence-corrected chi connectivity index (χ1v) is 6.11. The third-order valence-corrected chi connectivity index (χ3v) is 3.84. The van der Waals surface area contributed by atoms with Crippen LogP contribution in [0.1, 0.15) is 39.7 Å². The molecule has 3 N–H and O–H groups in total. The van der Waals surface area contributed by atoms with Crippen molar-refractivity contribution < 1.29 is 9.50 Å². The highest BCUT2D eigenvalue weighted by atomic mass is 19.1. The SMILES string of the molecule is C=CC(CC)(c1cc(F)c(N)cc1O)C(C)(C)C. The zero-order valence-corrected chi connectivity index (χ0v) is 11.5. The predicted molar refractivity (Wildman–Crippen MR) is 74.1 cm³/mol. The summed E-state index contributed by atoms with van der Waals surface area (Å²) in [6, 6.07) is 2.59. The van der Waals surface area contributed by atoms with Crippen LogP contribution in [0.25, 0.3) is 0 Å². The number of rotatable bonds is 3. The molecule has 0 saturated carbocycles. The molecule has 1 atom stereocenters. The number of phenols is 1. The minimum Gasteiger partial charge on any atom is -0.508 e. The summed E-state index contributed by atoms with van der Waals surface area (Å²) in [6.45, 7) is 12.0. The Labute approximate surface area is 108 Å². The molecule has 100 valence electrons. The number of halogens is 1. The molecule has 0 aliphatic heterocycles. The highest BCUT2D eigenvalue weighted by molar-refractivity contribution is 5.53. The van der Waals surface area contributed by atoms with Gasteiger partial charge in [-0.25, -0.2) is 4.39 Å². The molecule has 0 radical (unpaired) electrons. The van der Waals surface area contributed by atoms with Crippen molar-refractivity contribution in [2.75, 3.05) is 5.73 Å². The monoisotopic (exact) mass is 251 g/mol. The second-order valence-electron chi connectivity index (χ2n) is 5.67. The van der Waals surface area contributed by atoms with E-state index >= 15 is 0 Å². The quantitative estimate of drug-likeness (QED) is 0.630. The number of anilines is 1. The minimum atomic E-state index is -0.508. The van der Waals surface area contributed by atoms with Crippen LogP contribution >= 0.6 is 0 Å². The Morgan fingerprint density at radius 1 is 1.39 bits per heavy atom. The third kappa shape index (κ3) is 2.09. The number of benzene rings is 1. The van der Waals surface area contributed by atoms with E-state index in [9.17, 15) is 9.50 Å². The predicted octanol–water partition coefficient (Wildman–Crippen LogP) is 3.99. The van der Waals surface area contributed by atoms with Crippen LogP contribution in [-0.2, 0) is 5.41 Å². The van der Waals surface area contributed by atoms with Gasteiger partial charge in [-0.2, -0.15) is 0 Å². The molecular weight excluding hydrogens is 229 g/mol. The van der Waals surface area contributed by atoms with E-state index in [1.165, 1.54) is 12.1 Å². The van der Waals surface area contributed by atoms with Gasteiger partial charge in [0.15, 0.2) is 0 Å². The number of allylic oxidation sites excluding steroid dienone is 1. The summed E-state index contributed by atoms with van der Waals surface area (Å²) in [5.41, 5.74) is 5.28. The fraction of sp³-hybridized carbons (Fsp3) is 0.467. The van der Waals surface area contributed by atoms with Crippen LogP contribution in [0.15, 0.2) is 24.8 Å². The molecule has 1 unspecified atom stereocenters. The Hall–Kier alpha value is -1.51. The summed E-state index contributed by atoms with van der Waals surface area (Å²) < 4.78 is 13.7. The summed E-state index contributed by atoms with van der Waals surface area (Å²) in [7, 11) is 0. The average molecular weight is 251 g/mol. The average Bonchev–Trinajstić information content (AvgIpc) is 2.25. The van der Waals surface area contributed by atoms with Crippen molar-refractivity contribution in [2.24, 2.45) is 5.41 Å². The topological polar surface area (TPSA) is 46.2 Å². The van der Waals surface area contributed by atoms with Crippen LogP contribution in [0, 0.1) is 11.2 Å². The van der Waals surface area contributed by atoms with Crippen molar-refractivity contribution in [3.8, 4) is 5.75 Å². The van der Waals surface area contributed by atoms with Gasteiger partial charge in [0.05, 0.1) is 5.69 Å². The molecule has 18 heavy (non-hydrogen) atoms. The molecular formula is C15H22FNO. The van der Waals surface area contributed by atoms with Gasteiger partial charge in [-0.3, -0.25) is 0 Å². The number of phenolic OH excluding ortho intramolecular Hbond substituents is 1. The lowest BCUT2D eigenvalue weighted by Gasteiger charge is -2.43. The number of nitrogen functional groups attached to an aromatic ring is 1. The Balaban J connectivity index is 3.59. The second kappa shape index (κ2) is 4.63. The van der Waals surface area contributed by atoms with Crippen molar-refractivity contribution in [1.82, 2.24) is 0 Å². The maximum Gasteiger partial charge on any atom is 0.146 e. The molecule has 0 amide bonds. The van der Waals surface area contributed by atoms with E-state index in [-0.39, 0.29) is 16.9 Å². The number of hydrogen-bond acceptors (Lipinski definition) is 2. The molecule has 0 spiro atoms. The minimum absolute atomic E-state index is 0.0191. The molecule has 0 bridgehead atoms. The largest absolute Gasteiger partial charge is 0.508 e. The zero-order valence-electron chi connectivity index (χ0n) is 11.5. The van der Waals surface area contributed by atoms with Crippen molar-refractivity contribution in [2.45, 2.75) is 39.5 Å². The van der Waals surface area contributed by atoms with E-state index in [1.807, 2.05) is 27.7 Å². The first kappa shape index (κ1) is 14.6. The smallest absolute Gasteiger partial charge is 0.146 e. The maximum atomic E-state index is 13.7. The van der Waals surface area contributed by atoms with Gasteiger partial charge in [0.1, 0.15) is 11.6 Å². The van der Waals surface area contributed by atoms with E-state index in [4.69, 9.17) is 5.73 Å². The maximum absolute atomic E-state index is 13.7. The third-order valence-electron chi connectivity index (χ3n) is 3.84. The molecule has 0 fully saturated rings. The number of nitrogens with two attached hydrogens (primary N) is 1. The Morgan fingerprint density at radius 2 is 1.94 bits per heavy atom. The van der Waals surface area contributed by atoms with Crippen molar-refractivity contribution in [3.63, 3.8) is 0 Å². The summed E-state index contributed by atoms with van der Waals surface area (Å²) in [4.78, 5) is 0. The van der Waals surface area contributed by atoms with Crippen molar-refractivity contribution >= 4 is 5.69 Å². The molecule has 0 aromatic heterocycles. The second-order valence-corrected chi connectivity index (χ2v) is 5.67. The van der Waals surface area contributed by atoms with E-state index in [0.717, 1.165) is 6.42 Å². The van der Waals surface area contributed by atoms with Crippen LogP contribution in [0.2, 0.25) is 0 Å². The molecule has 1 aromatic carbocycles. The van der Waals surface area contributed by atoms with Crippen LogP contribution in [0.5, 0.6) is 5.75 Å². The molecule has 1 rings (SSSR count). The summed E-state index contributed by atoms with van der Waals surface area (Å²) >= 11 is 0. The van der Waals surface area contributed by atoms with Gasteiger partial charge >= 0.3 is 0 Å². The van der Waals surface area contributed by atoms with Gasteiger partial charge in [-0.1, -0.05) is 33.8 Å². The normalized spacial score (nSPS) is 15.2. The van der Waals surface area contributed by atoms with E-state index < -0.39 is 11.2 Å². The van der Waals surface area contributed by atoms with Gasteiger partial charge in [-0.15, -0.1) is 6.58 Å². The number of hydrogen-bond donors (Lipinski definition) is 2. The van der Waals surface area contributed by atoms with E-state index in [2.05, 4.69) is 6.58 Å². The summed E-state index contributed by atoms with van der Waals surface area (Å²) in [6.07, 6.45) is 2.51. The molecule has 0 saturated heterocycles. The van der Waals surface area contributed by atoms with Gasteiger partial charge in [0.2, 0.25) is 0 Å². The van der Waals surface area contributed by atoms with Gasteiger partial charge in [0, 0.05) is 17.0 Å². The lowest BCUT2D eigenvalue weighted by atomic mass is 9.61. The molecule has 1 aromatic rings. The lowest BCUT2D eigenvalue weighted by Crippen LogP contribution is -2.37. The molecule has 0 heterocycles. The van der Waals surface area contributed by atoms with Crippen molar-refractivity contribution in [3.05, 3.63) is 36.2 Å². The van der Waals surface area contributed by atoms with E-state index in [0.29, 0.717) is 5.56 Å². The van der Waals surface area contributed by atoms with Crippen LogP contribution < -0.4 is 5.73 Å². The Bertz CT molecular complexity index is 462. The molecule has 3 heteroatoms. The summed E-state index contributed by atoms with van der Waals surface area (Å²) in [5, 5.41) is 10.1. The standard InChI is InChI=1S/C15H22FNO/c1-6-15(7-2,14(3,4)5)10-8-11(16)12(17)9-13(10)18/h6,8-9,18H,1,7,17H2,2-5H3. The zero-order chi connectivity index (χ0) is 14.1. The molecule has 0 aliphatic carbocycles. The van der Waals surface area contributed by atoms with Crippen LogP contribution in [0.4, 0.5) is 10.1 Å². The van der Waals surface area contributed by atoms with Gasteiger partial charge in [0.25, 0.3) is 0 Å². The number of aromatic hydroxyl groups is 1. The Morgan fingerprint density at radius 3 is 2.33 bits per heavy atom. The Kier molecular flexibility index (Phi) is 3.75. The van der Waals surface area contributed by atoms with Gasteiger partial charge < -0.3 is 10.8 Å². The van der Waals surface area contributed by atoms with Crippen LogP contribution in [-0.4, -0.2) is 5.11 Å². The highest BCUT2D eigenvalue weighted by Crippen LogP contribution is 2.48. The van der Waals surface area contributed by atoms with Crippen LogP contribution in [0.3, 0.4) is 0 Å². The molecule has 2 nitrogen and oxygen atoms in total. The molecule has 0 aliphatic rings. The van der Waals surface area contributed by atoms with E-state index in [1.54, 1.807) is 6.08 Å². The lowest BCUT2D eigenvalue weighted by molar-refractivity contribution is 0.223. The first-order chi connectivity index (χ1) is 8.19.